The first kappa shape index (κ1) is 17.1. The van der Waals surface area contributed by atoms with Gasteiger partial charge in [0, 0.05) is 12.6 Å². The van der Waals surface area contributed by atoms with E-state index in [4.69, 9.17) is 0 Å². The molecule has 1 aromatic carbocycles. The van der Waals surface area contributed by atoms with Gasteiger partial charge in [-0.25, -0.2) is 9.59 Å². The van der Waals surface area contributed by atoms with Crippen LogP contribution in [0.2, 0.25) is 0 Å². The summed E-state index contributed by atoms with van der Waals surface area (Å²) in [7, 11) is 1.19. The van der Waals surface area contributed by atoms with Gasteiger partial charge < -0.3 is 9.84 Å². The first-order valence-electron chi connectivity index (χ1n) is 6.95. The molecule has 0 spiro atoms. The molecule has 4 amide bonds. The third kappa shape index (κ3) is 4.15. The number of nitrogens with one attached hydrogen (secondary N) is 2. The van der Waals surface area contributed by atoms with Crippen LogP contribution in [-0.4, -0.2) is 48.3 Å². The summed E-state index contributed by atoms with van der Waals surface area (Å²) in [6.07, 6.45) is 1.16. The molecule has 1 aromatic rings. The van der Waals surface area contributed by atoms with Crippen molar-refractivity contribution in [3.05, 3.63) is 29.8 Å². The Morgan fingerprint density at radius 2 is 1.83 bits per heavy atom. The molecule has 0 bridgehead atoms. The highest BCUT2D eigenvalue weighted by atomic mass is 16.5. The monoisotopic (exact) mass is 333 g/mol. The third-order valence-corrected chi connectivity index (χ3v) is 3.29. The van der Waals surface area contributed by atoms with Crippen LogP contribution in [0.15, 0.2) is 29.3 Å². The number of nitrogens with zero attached hydrogens (tertiary/aromatic N) is 1. The Bertz CT molecular complexity index is 678. The summed E-state index contributed by atoms with van der Waals surface area (Å²) in [4.78, 5) is 50.1. The van der Waals surface area contributed by atoms with Crippen LogP contribution in [0.25, 0.3) is 0 Å². The molecule has 0 radical (unpaired) electrons. The molecule has 1 aliphatic heterocycles. The number of rotatable bonds is 5. The number of imide groups is 2. The van der Waals surface area contributed by atoms with E-state index >= 15 is 0 Å². The fraction of sp³-hybridized carbons (Fsp3) is 0.267. The molecule has 0 unspecified atom stereocenters. The Morgan fingerprint density at radius 1 is 1.25 bits per heavy atom. The summed E-state index contributed by atoms with van der Waals surface area (Å²) in [6.45, 7) is 0. The number of ether oxygens (including phenoxy) is 1. The van der Waals surface area contributed by atoms with Crippen molar-refractivity contribution in [3.63, 3.8) is 0 Å². The molecule has 0 aromatic heterocycles. The highest BCUT2D eigenvalue weighted by Gasteiger charge is 2.33. The molecule has 126 valence electrons. The Balaban J connectivity index is 2.14. The van der Waals surface area contributed by atoms with Crippen LogP contribution in [0.5, 0.6) is 5.75 Å². The first-order valence-corrected chi connectivity index (χ1v) is 6.95. The smallest absolute Gasteiger partial charge is 0.330 e. The standard InChI is InChI=1S/C15H15N3O6/c1-24-14(22)11(6-8-2-4-9(19)5-3-8)16-7-10-12(20)17-15(23)18-13(10)21/h2-5,7,10-11,19H,6H2,1H3,(H2,17,18,20,21,23)/t11-/m0/s1. The Morgan fingerprint density at radius 3 is 2.38 bits per heavy atom. The molecule has 9 heteroatoms. The molecular weight excluding hydrogens is 318 g/mol. The van der Waals surface area contributed by atoms with Gasteiger partial charge in [-0.05, 0) is 17.7 Å². The number of esters is 1. The van der Waals surface area contributed by atoms with Crippen molar-refractivity contribution in [2.75, 3.05) is 7.11 Å². The molecule has 1 aliphatic rings. The average Bonchev–Trinajstić information content (AvgIpc) is 2.53. The van der Waals surface area contributed by atoms with Gasteiger partial charge in [-0.2, -0.15) is 0 Å². The number of benzene rings is 1. The van der Waals surface area contributed by atoms with E-state index in [0.29, 0.717) is 5.56 Å². The van der Waals surface area contributed by atoms with Crippen molar-refractivity contribution < 1.29 is 29.0 Å². The van der Waals surface area contributed by atoms with Crippen molar-refractivity contribution >= 4 is 30.0 Å². The predicted octanol–water partition coefficient (Wildman–Crippen LogP) is -0.471. The summed E-state index contributed by atoms with van der Waals surface area (Å²) < 4.78 is 4.66. The van der Waals surface area contributed by atoms with E-state index in [2.05, 4.69) is 9.73 Å². The maximum Gasteiger partial charge on any atom is 0.330 e. The number of amides is 4. The van der Waals surface area contributed by atoms with Gasteiger partial charge in [-0.15, -0.1) is 0 Å². The normalized spacial score (nSPS) is 16.6. The maximum atomic E-state index is 11.8. The minimum atomic E-state index is -1.31. The molecule has 0 aliphatic carbocycles. The largest absolute Gasteiger partial charge is 0.508 e. The molecule has 9 nitrogen and oxygen atoms in total. The topological polar surface area (TPSA) is 134 Å². The third-order valence-electron chi connectivity index (χ3n) is 3.29. The lowest BCUT2D eigenvalue weighted by molar-refractivity contribution is -0.142. The van der Waals surface area contributed by atoms with Gasteiger partial charge in [0.1, 0.15) is 5.75 Å². The molecule has 2 rings (SSSR count). The van der Waals surface area contributed by atoms with E-state index < -0.39 is 35.8 Å². The van der Waals surface area contributed by atoms with E-state index in [0.717, 1.165) is 6.21 Å². The second kappa shape index (κ2) is 7.36. The van der Waals surface area contributed by atoms with Gasteiger partial charge in [-0.1, -0.05) is 12.1 Å². The van der Waals surface area contributed by atoms with Crippen LogP contribution in [0.3, 0.4) is 0 Å². The number of carbonyl (C=O) groups excluding carboxylic acids is 4. The van der Waals surface area contributed by atoms with Crippen molar-refractivity contribution in [3.8, 4) is 5.75 Å². The van der Waals surface area contributed by atoms with Crippen molar-refractivity contribution in [1.29, 1.82) is 0 Å². The fourth-order valence-corrected chi connectivity index (χ4v) is 2.04. The number of aromatic hydroxyl groups is 1. The van der Waals surface area contributed by atoms with Crippen molar-refractivity contribution in [2.24, 2.45) is 10.9 Å². The molecule has 0 saturated carbocycles. The van der Waals surface area contributed by atoms with Gasteiger partial charge in [0.15, 0.2) is 12.0 Å². The van der Waals surface area contributed by atoms with Crippen LogP contribution >= 0.6 is 0 Å². The second-order valence-electron chi connectivity index (χ2n) is 4.99. The van der Waals surface area contributed by atoms with Crippen LogP contribution < -0.4 is 10.6 Å². The van der Waals surface area contributed by atoms with Crippen LogP contribution in [0.4, 0.5) is 4.79 Å². The lowest BCUT2D eigenvalue weighted by Crippen LogP contribution is -2.56. The Hall–Kier alpha value is -3.23. The number of aliphatic imine (C=N–C) groups is 1. The van der Waals surface area contributed by atoms with Gasteiger partial charge in [-0.3, -0.25) is 25.2 Å². The number of methoxy groups -OCH3 is 1. The number of hydrogen-bond donors (Lipinski definition) is 3. The van der Waals surface area contributed by atoms with E-state index in [9.17, 15) is 24.3 Å². The van der Waals surface area contributed by atoms with E-state index in [1.54, 1.807) is 12.1 Å². The summed E-state index contributed by atoms with van der Waals surface area (Å²) >= 11 is 0. The summed E-state index contributed by atoms with van der Waals surface area (Å²) in [5.41, 5.74) is 0.702. The van der Waals surface area contributed by atoms with Gasteiger partial charge in [0.05, 0.1) is 7.11 Å². The van der Waals surface area contributed by atoms with Gasteiger partial charge >= 0.3 is 12.0 Å². The Labute approximate surface area is 136 Å². The minimum absolute atomic E-state index is 0.0806. The van der Waals surface area contributed by atoms with Crippen LogP contribution in [0, 0.1) is 5.92 Å². The van der Waals surface area contributed by atoms with Gasteiger partial charge in [0.25, 0.3) is 0 Å². The zero-order valence-electron chi connectivity index (χ0n) is 12.7. The molecule has 3 N–H and O–H groups in total. The fourth-order valence-electron chi connectivity index (χ4n) is 2.04. The number of hydrogen-bond acceptors (Lipinski definition) is 7. The minimum Gasteiger partial charge on any atom is -0.508 e. The van der Waals surface area contributed by atoms with Gasteiger partial charge in [0.2, 0.25) is 11.8 Å². The highest BCUT2D eigenvalue weighted by Crippen LogP contribution is 2.13. The second-order valence-corrected chi connectivity index (χ2v) is 4.99. The SMILES string of the molecule is COC(=O)[C@H](Cc1ccc(O)cc1)N=CC1C(=O)NC(=O)NC1=O. The Kier molecular flexibility index (Phi) is 5.25. The quantitative estimate of drug-likeness (QED) is 0.379. The number of phenolic OH excluding ortho intramolecular Hbond substituents is 1. The molecule has 24 heavy (non-hydrogen) atoms. The lowest BCUT2D eigenvalue weighted by atomic mass is 10.0. The van der Waals surface area contributed by atoms with Crippen LogP contribution in [-0.2, 0) is 25.5 Å². The van der Waals surface area contributed by atoms with E-state index in [1.165, 1.54) is 19.2 Å². The summed E-state index contributed by atoms with van der Waals surface area (Å²) in [6, 6.07) is 4.27. The average molecular weight is 333 g/mol. The van der Waals surface area contributed by atoms with Crippen LogP contribution in [0.1, 0.15) is 5.56 Å². The number of phenols is 1. The predicted molar refractivity (Wildman–Crippen MR) is 81.3 cm³/mol. The number of urea groups is 1. The molecule has 1 heterocycles. The molecule has 1 fully saturated rings. The van der Waals surface area contributed by atoms with Crippen molar-refractivity contribution in [1.82, 2.24) is 10.6 Å². The van der Waals surface area contributed by atoms with E-state index in [1.807, 2.05) is 10.6 Å². The first-order chi connectivity index (χ1) is 11.4. The zero-order chi connectivity index (χ0) is 17.7. The van der Waals surface area contributed by atoms with E-state index in [-0.39, 0.29) is 12.2 Å². The van der Waals surface area contributed by atoms with Crippen molar-refractivity contribution in [2.45, 2.75) is 12.5 Å². The number of carbonyl (C=O) groups is 4. The summed E-state index contributed by atoms with van der Waals surface area (Å²) in [5, 5.41) is 13.1. The maximum absolute atomic E-state index is 11.8. The zero-order valence-corrected chi connectivity index (χ0v) is 12.7. The highest BCUT2D eigenvalue weighted by molar-refractivity contribution is 6.23. The molecular formula is C15H15N3O6. The summed E-state index contributed by atoms with van der Waals surface area (Å²) in [5.74, 6) is -3.51. The lowest BCUT2D eigenvalue weighted by Gasteiger charge is -2.18. The number of barbiturate groups is 1. The molecule has 1 atom stereocenters. The molecule has 1 saturated heterocycles.